The number of carboxylic acids is 1. The van der Waals surface area contributed by atoms with Crippen LogP contribution in [0.4, 0.5) is 0 Å². The number of aliphatic carboxylic acids is 1. The highest BCUT2D eigenvalue weighted by atomic mass is 16.4. The zero-order chi connectivity index (χ0) is 14.9. The van der Waals surface area contributed by atoms with Gasteiger partial charge in [0.1, 0.15) is 5.82 Å². The molecule has 7 nitrogen and oxygen atoms in total. The number of nitrogens with one attached hydrogen (secondary N) is 1. The first-order chi connectivity index (χ1) is 9.41. The summed E-state index contributed by atoms with van der Waals surface area (Å²) < 4.78 is 1.46. The predicted molar refractivity (Wildman–Crippen MR) is 71.7 cm³/mol. The standard InChI is InChI=1S/C13H16N4O3/c1-7-10(6-11(18)19)8(2)17(13(20)16-7)9(3)12-14-4-5-15-12/h4-5,9H,6H2,1-3H3,(H,14,15)(H,18,19). The number of aromatic nitrogens is 4. The van der Waals surface area contributed by atoms with Gasteiger partial charge in [0, 0.05) is 29.3 Å². The van der Waals surface area contributed by atoms with E-state index in [1.807, 2.05) is 6.92 Å². The maximum atomic E-state index is 12.1. The fraction of sp³-hybridized carbons (Fsp3) is 0.385. The van der Waals surface area contributed by atoms with Gasteiger partial charge in [0.2, 0.25) is 0 Å². The lowest BCUT2D eigenvalue weighted by Gasteiger charge is -2.19. The molecule has 0 amide bonds. The van der Waals surface area contributed by atoms with Crippen LogP contribution in [0.1, 0.15) is 35.7 Å². The predicted octanol–water partition coefficient (Wildman–Crippen LogP) is 0.820. The van der Waals surface area contributed by atoms with E-state index < -0.39 is 11.7 Å². The molecule has 2 rings (SSSR count). The zero-order valence-corrected chi connectivity index (χ0v) is 11.5. The molecule has 106 valence electrons. The van der Waals surface area contributed by atoms with Crippen molar-refractivity contribution in [2.75, 3.05) is 0 Å². The van der Waals surface area contributed by atoms with Gasteiger partial charge in [0.15, 0.2) is 0 Å². The molecule has 1 unspecified atom stereocenters. The number of carboxylic acid groups (broad SMARTS) is 1. The number of hydrogen-bond acceptors (Lipinski definition) is 4. The summed E-state index contributed by atoms with van der Waals surface area (Å²) in [7, 11) is 0. The first-order valence-electron chi connectivity index (χ1n) is 6.21. The molecule has 0 aliphatic heterocycles. The second kappa shape index (κ2) is 5.28. The van der Waals surface area contributed by atoms with Crippen molar-refractivity contribution < 1.29 is 9.90 Å². The molecule has 2 aromatic heterocycles. The molecule has 0 fully saturated rings. The Morgan fingerprint density at radius 2 is 2.20 bits per heavy atom. The second-order valence-corrected chi connectivity index (χ2v) is 4.63. The molecule has 0 radical (unpaired) electrons. The van der Waals surface area contributed by atoms with Gasteiger partial charge in [-0.25, -0.2) is 9.78 Å². The van der Waals surface area contributed by atoms with E-state index in [1.54, 1.807) is 26.2 Å². The highest BCUT2D eigenvalue weighted by molar-refractivity contribution is 5.70. The third-order valence-electron chi connectivity index (χ3n) is 3.33. The molecule has 0 aliphatic rings. The molecule has 0 aliphatic carbocycles. The number of rotatable bonds is 4. The van der Waals surface area contributed by atoms with Crippen LogP contribution in [0.2, 0.25) is 0 Å². The number of carbonyl (C=O) groups is 1. The van der Waals surface area contributed by atoms with E-state index in [2.05, 4.69) is 15.0 Å². The first-order valence-corrected chi connectivity index (χ1v) is 6.21. The highest BCUT2D eigenvalue weighted by Gasteiger charge is 2.19. The Balaban J connectivity index is 2.58. The molecule has 7 heteroatoms. The number of imidazole rings is 1. The lowest BCUT2D eigenvalue weighted by atomic mass is 10.1. The molecule has 0 spiro atoms. The van der Waals surface area contributed by atoms with E-state index in [-0.39, 0.29) is 12.5 Å². The molecular weight excluding hydrogens is 260 g/mol. The summed E-state index contributed by atoms with van der Waals surface area (Å²) in [5.74, 6) is -0.323. The van der Waals surface area contributed by atoms with E-state index in [0.29, 0.717) is 22.8 Å². The van der Waals surface area contributed by atoms with Crippen LogP contribution in [-0.2, 0) is 11.2 Å². The summed E-state index contributed by atoms with van der Waals surface area (Å²) in [4.78, 5) is 34.0. The lowest BCUT2D eigenvalue weighted by molar-refractivity contribution is -0.136. The van der Waals surface area contributed by atoms with E-state index in [9.17, 15) is 9.59 Å². The van der Waals surface area contributed by atoms with E-state index in [0.717, 1.165) is 0 Å². The van der Waals surface area contributed by atoms with Crippen molar-refractivity contribution in [3.63, 3.8) is 0 Å². The smallest absolute Gasteiger partial charge is 0.348 e. The average molecular weight is 276 g/mol. The summed E-state index contributed by atoms with van der Waals surface area (Å²) in [5, 5.41) is 8.96. The SMILES string of the molecule is Cc1nc(=O)n(C(C)c2ncc[nH]2)c(C)c1CC(=O)O. The number of aryl methyl sites for hydroxylation is 1. The Bertz CT molecular complexity index is 688. The van der Waals surface area contributed by atoms with Crippen molar-refractivity contribution in [3.05, 3.63) is 45.7 Å². The maximum Gasteiger partial charge on any atom is 0.348 e. The van der Waals surface area contributed by atoms with Gasteiger partial charge in [-0.15, -0.1) is 0 Å². The Hall–Kier alpha value is -2.44. The van der Waals surface area contributed by atoms with Crippen LogP contribution >= 0.6 is 0 Å². The third-order valence-corrected chi connectivity index (χ3v) is 3.33. The highest BCUT2D eigenvalue weighted by Crippen LogP contribution is 2.17. The summed E-state index contributed by atoms with van der Waals surface area (Å²) in [6, 6.07) is -0.335. The van der Waals surface area contributed by atoms with Gasteiger partial charge < -0.3 is 10.1 Å². The topological polar surface area (TPSA) is 101 Å². The van der Waals surface area contributed by atoms with Crippen molar-refractivity contribution >= 4 is 5.97 Å². The summed E-state index contributed by atoms with van der Waals surface area (Å²) in [5.41, 5.74) is 1.22. The lowest BCUT2D eigenvalue weighted by Crippen LogP contribution is -2.31. The minimum atomic E-state index is -0.950. The van der Waals surface area contributed by atoms with Crippen molar-refractivity contribution in [3.8, 4) is 0 Å². The quantitative estimate of drug-likeness (QED) is 0.861. The molecule has 20 heavy (non-hydrogen) atoms. The fourth-order valence-electron chi connectivity index (χ4n) is 2.31. The van der Waals surface area contributed by atoms with Crippen LogP contribution in [0.25, 0.3) is 0 Å². The average Bonchev–Trinajstić information content (AvgIpc) is 2.87. The van der Waals surface area contributed by atoms with Crippen LogP contribution in [0.5, 0.6) is 0 Å². The first kappa shape index (κ1) is 14.0. The molecule has 0 saturated heterocycles. The van der Waals surface area contributed by atoms with E-state index in [1.165, 1.54) is 4.57 Å². The van der Waals surface area contributed by atoms with Crippen molar-refractivity contribution in [2.45, 2.75) is 33.2 Å². The normalized spacial score (nSPS) is 12.3. The van der Waals surface area contributed by atoms with Crippen LogP contribution in [0, 0.1) is 13.8 Å². The number of nitrogens with zero attached hydrogens (tertiary/aromatic N) is 3. The van der Waals surface area contributed by atoms with Gasteiger partial charge in [-0.3, -0.25) is 9.36 Å². The Kier molecular flexibility index (Phi) is 3.69. The summed E-state index contributed by atoms with van der Waals surface area (Å²) in [6.07, 6.45) is 3.12. The maximum absolute atomic E-state index is 12.1. The van der Waals surface area contributed by atoms with Gasteiger partial charge in [0.05, 0.1) is 12.5 Å². The fourth-order valence-corrected chi connectivity index (χ4v) is 2.31. The Labute approximate surface area is 115 Å². The van der Waals surface area contributed by atoms with Crippen LogP contribution < -0.4 is 5.69 Å². The number of H-pyrrole nitrogens is 1. The van der Waals surface area contributed by atoms with E-state index in [4.69, 9.17) is 5.11 Å². The van der Waals surface area contributed by atoms with Gasteiger partial charge >= 0.3 is 11.7 Å². The summed E-state index contributed by atoms with van der Waals surface area (Å²) >= 11 is 0. The monoisotopic (exact) mass is 276 g/mol. The van der Waals surface area contributed by atoms with Crippen molar-refractivity contribution in [1.82, 2.24) is 19.5 Å². The Morgan fingerprint density at radius 1 is 1.50 bits per heavy atom. The minimum Gasteiger partial charge on any atom is -0.481 e. The minimum absolute atomic E-state index is 0.157. The van der Waals surface area contributed by atoms with Crippen molar-refractivity contribution in [2.24, 2.45) is 0 Å². The number of aromatic amines is 1. The van der Waals surface area contributed by atoms with Gasteiger partial charge in [-0.05, 0) is 20.8 Å². The molecule has 0 aromatic carbocycles. The molecule has 2 N–H and O–H groups in total. The van der Waals surface area contributed by atoms with Crippen molar-refractivity contribution in [1.29, 1.82) is 0 Å². The van der Waals surface area contributed by atoms with Gasteiger partial charge in [0.25, 0.3) is 0 Å². The molecule has 0 saturated carbocycles. The van der Waals surface area contributed by atoms with Crippen LogP contribution in [0.3, 0.4) is 0 Å². The third kappa shape index (κ3) is 2.47. The van der Waals surface area contributed by atoms with Gasteiger partial charge in [-0.2, -0.15) is 4.98 Å². The zero-order valence-electron chi connectivity index (χ0n) is 11.5. The second-order valence-electron chi connectivity index (χ2n) is 4.63. The largest absolute Gasteiger partial charge is 0.481 e. The molecule has 2 aromatic rings. The van der Waals surface area contributed by atoms with E-state index >= 15 is 0 Å². The van der Waals surface area contributed by atoms with Crippen LogP contribution in [0.15, 0.2) is 17.2 Å². The number of hydrogen-bond donors (Lipinski definition) is 2. The van der Waals surface area contributed by atoms with Crippen LogP contribution in [-0.4, -0.2) is 30.6 Å². The molecular formula is C13H16N4O3. The summed E-state index contributed by atoms with van der Waals surface area (Å²) in [6.45, 7) is 5.19. The Morgan fingerprint density at radius 3 is 2.75 bits per heavy atom. The molecule has 1 atom stereocenters. The molecule has 2 heterocycles. The van der Waals surface area contributed by atoms with Gasteiger partial charge in [-0.1, -0.05) is 0 Å². The molecule has 0 bridgehead atoms.